The Morgan fingerprint density at radius 3 is 1.76 bits per heavy atom. The van der Waals surface area contributed by atoms with Gasteiger partial charge in [0.25, 0.3) is 0 Å². The maximum absolute atomic E-state index is 10.6. The molecule has 5 nitrogen and oxygen atoms in total. The minimum absolute atomic E-state index is 0.0861. The highest BCUT2D eigenvalue weighted by molar-refractivity contribution is 5.49. The van der Waals surface area contributed by atoms with Crippen LogP contribution < -0.4 is 9.47 Å². The van der Waals surface area contributed by atoms with Crippen LogP contribution in [0.15, 0.2) is 91.0 Å². The molecular weight excluding hydrogens is 416 g/mol. The molecule has 0 aliphatic rings. The standard InChI is InChI=1S/C28H32O5/c1-4-5-19-32-20-25(29)21-33-28(22-9-7-6-8-10-22,23-11-15-26(30-2)16-12-23)24-13-17-27(31-3)18-14-24/h4-18,25,29H,19-21H2,1-3H3/b5-4-. The van der Waals surface area contributed by atoms with Crippen LogP contribution in [-0.4, -0.2) is 45.3 Å². The Morgan fingerprint density at radius 2 is 1.27 bits per heavy atom. The lowest BCUT2D eigenvalue weighted by molar-refractivity contribution is -0.0612. The largest absolute Gasteiger partial charge is 0.497 e. The Bertz CT molecular complexity index is 934. The third kappa shape index (κ3) is 6.02. The monoisotopic (exact) mass is 448 g/mol. The third-order valence-electron chi connectivity index (χ3n) is 5.43. The number of ether oxygens (including phenoxy) is 4. The van der Waals surface area contributed by atoms with Gasteiger partial charge in [0.2, 0.25) is 0 Å². The van der Waals surface area contributed by atoms with Crippen LogP contribution in [0.5, 0.6) is 11.5 Å². The molecule has 0 saturated carbocycles. The van der Waals surface area contributed by atoms with Crippen LogP contribution in [-0.2, 0) is 15.1 Å². The van der Waals surface area contributed by atoms with Crippen molar-refractivity contribution in [2.75, 3.05) is 34.0 Å². The maximum atomic E-state index is 10.6. The van der Waals surface area contributed by atoms with Gasteiger partial charge in [0.05, 0.1) is 34.0 Å². The summed E-state index contributed by atoms with van der Waals surface area (Å²) < 4.78 is 22.9. The fraction of sp³-hybridized carbons (Fsp3) is 0.286. The molecule has 0 radical (unpaired) electrons. The number of hydrogen-bond acceptors (Lipinski definition) is 5. The van der Waals surface area contributed by atoms with Gasteiger partial charge in [-0.1, -0.05) is 66.7 Å². The Labute approximate surface area is 196 Å². The van der Waals surface area contributed by atoms with Crippen molar-refractivity contribution in [3.63, 3.8) is 0 Å². The van der Waals surface area contributed by atoms with Crippen molar-refractivity contribution in [3.8, 4) is 11.5 Å². The average molecular weight is 449 g/mol. The van der Waals surface area contributed by atoms with Gasteiger partial charge >= 0.3 is 0 Å². The molecule has 3 aromatic carbocycles. The van der Waals surface area contributed by atoms with E-state index in [0.29, 0.717) is 6.61 Å². The van der Waals surface area contributed by atoms with Gasteiger partial charge in [-0.3, -0.25) is 0 Å². The number of hydrogen-bond donors (Lipinski definition) is 1. The minimum Gasteiger partial charge on any atom is -0.497 e. The smallest absolute Gasteiger partial charge is 0.143 e. The molecule has 1 atom stereocenters. The summed E-state index contributed by atoms with van der Waals surface area (Å²) >= 11 is 0. The summed E-state index contributed by atoms with van der Waals surface area (Å²) in [5.74, 6) is 1.51. The summed E-state index contributed by atoms with van der Waals surface area (Å²) in [4.78, 5) is 0. The summed E-state index contributed by atoms with van der Waals surface area (Å²) in [6, 6.07) is 25.6. The van der Waals surface area contributed by atoms with E-state index in [1.165, 1.54) is 0 Å². The molecule has 0 aromatic heterocycles. The van der Waals surface area contributed by atoms with Gasteiger partial charge in [-0.05, 0) is 47.9 Å². The number of rotatable bonds is 12. The van der Waals surface area contributed by atoms with Crippen LogP contribution in [0.3, 0.4) is 0 Å². The quantitative estimate of drug-likeness (QED) is 0.241. The number of aliphatic hydroxyl groups excluding tert-OH is 1. The zero-order valence-corrected chi connectivity index (χ0v) is 19.4. The first-order chi connectivity index (χ1) is 16.1. The summed E-state index contributed by atoms with van der Waals surface area (Å²) in [5, 5.41) is 10.6. The Balaban J connectivity index is 2.04. The summed E-state index contributed by atoms with van der Waals surface area (Å²) in [6.07, 6.45) is 3.03. The molecule has 0 aliphatic carbocycles. The van der Waals surface area contributed by atoms with Gasteiger partial charge in [-0.15, -0.1) is 0 Å². The van der Waals surface area contributed by atoms with E-state index in [-0.39, 0.29) is 13.2 Å². The van der Waals surface area contributed by atoms with Gasteiger partial charge in [0.15, 0.2) is 0 Å². The molecule has 0 aliphatic heterocycles. The SMILES string of the molecule is C/C=C\COCC(O)COC(c1ccccc1)(c1ccc(OC)cc1)c1ccc(OC)cc1. The lowest BCUT2D eigenvalue weighted by Gasteiger charge is -2.36. The van der Waals surface area contributed by atoms with E-state index < -0.39 is 11.7 Å². The normalized spacial score (nSPS) is 12.6. The molecule has 1 unspecified atom stereocenters. The van der Waals surface area contributed by atoms with Crippen molar-refractivity contribution in [1.29, 1.82) is 0 Å². The molecule has 3 rings (SSSR count). The first-order valence-corrected chi connectivity index (χ1v) is 11.0. The highest BCUT2D eigenvalue weighted by Gasteiger charge is 2.38. The molecular formula is C28H32O5. The van der Waals surface area contributed by atoms with E-state index >= 15 is 0 Å². The molecule has 0 spiro atoms. The molecule has 1 N–H and O–H groups in total. The molecule has 33 heavy (non-hydrogen) atoms. The van der Waals surface area contributed by atoms with E-state index in [0.717, 1.165) is 28.2 Å². The van der Waals surface area contributed by atoms with Crippen molar-refractivity contribution in [2.24, 2.45) is 0 Å². The van der Waals surface area contributed by atoms with Crippen molar-refractivity contribution in [1.82, 2.24) is 0 Å². The van der Waals surface area contributed by atoms with Crippen LogP contribution in [0.2, 0.25) is 0 Å². The highest BCUT2D eigenvalue weighted by atomic mass is 16.5. The second-order valence-corrected chi connectivity index (χ2v) is 7.58. The Kier molecular flexibility index (Phi) is 9.07. The van der Waals surface area contributed by atoms with E-state index in [1.54, 1.807) is 14.2 Å². The topological polar surface area (TPSA) is 57.2 Å². The van der Waals surface area contributed by atoms with E-state index in [1.807, 2.05) is 97.9 Å². The Hall–Kier alpha value is -3.12. The fourth-order valence-electron chi connectivity index (χ4n) is 3.71. The first kappa shape index (κ1) is 24.5. The lowest BCUT2D eigenvalue weighted by atomic mass is 9.80. The number of benzene rings is 3. The summed E-state index contributed by atoms with van der Waals surface area (Å²) in [6.45, 7) is 2.65. The van der Waals surface area contributed by atoms with Gasteiger partial charge in [-0.25, -0.2) is 0 Å². The van der Waals surface area contributed by atoms with Gasteiger partial charge in [0, 0.05) is 0 Å². The second kappa shape index (κ2) is 12.2. The van der Waals surface area contributed by atoms with E-state index in [4.69, 9.17) is 18.9 Å². The van der Waals surface area contributed by atoms with E-state index in [2.05, 4.69) is 0 Å². The van der Waals surface area contributed by atoms with Crippen molar-refractivity contribution >= 4 is 0 Å². The van der Waals surface area contributed by atoms with Crippen LogP contribution in [0, 0.1) is 0 Å². The van der Waals surface area contributed by atoms with Gasteiger partial charge < -0.3 is 24.1 Å². The fourth-order valence-corrected chi connectivity index (χ4v) is 3.71. The minimum atomic E-state index is -0.954. The van der Waals surface area contributed by atoms with Crippen LogP contribution in [0.25, 0.3) is 0 Å². The number of methoxy groups -OCH3 is 2. The third-order valence-corrected chi connectivity index (χ3v) is 5.43. The second-order valence-electron chi connectivity index (χ2n) is 7.58. The van der Waals surface area contributed by atoms with Crippen molar-refractivity contribution < 1.29 is 24.1 Å². The summed E-state index contributed by atoms with van der Waals surface area (Å²) in [7, 11) is 3.28. The molecule has 0 saturated heterocycles. The molecule has 3 aromatic rings. The zero-order valence-electron chi connectivity index (χ0n) is 19.4. The van der Waals surface area contributed by atoms with Crippen molar-refractivity contribution in [2.45, 2.75) is 18.6 Å². The highest BCUT2D eigenvalue weighted by Crippen LogP contribution is 2.41. The molecule has 174 valence electrons. The average Bonchev–Trinajstić information content (AvgIpc) is 2.88. The number of allylic oxidation sites excluding steroid dienone is 1. The van der Waals surface area contributed by atoms with Crippen LogP contribution in [0.4, 0.5) is 0 Å². The predicted octanol–water partition coefficient (Wildman–Crippen LogP) is 4.97. The van der Waals surface area contributed by atoms with Crippen LogP contribution >= 0.6 is 0 Å². The predicted molar refractivity (Wildman–Crippen MR) is 130 cm³/mol. The molecule has 0 bridgehead atoms. The van der Waals surface area contributed by atoms with E-state index in [9.17, 15) is 5.11 Å². The molecule has 0 heterocycles. The zero-order chi connectivity index (χ0) is 23.5. The first-order valence-electron chi connectivity index (χ1n) is 11.0. The summed E-state index contributed by atoms with van der Waals surface area (Å²) in [5.41, 5.74) is 1.83. The maximum Gasteiger partial charge on any atom is 0.143 e. The Morgan fingerprint density at radius 1 is 0.758 bits per heavy atom. The number of aliphatic hydroxyl groups is 1. The van der Waals surface area contributed by atoms with Crippen molar-refractivity contribution in [3.05, 3.63) is 108 Å². The molecule has 5 heteroatoms. The van der Waals surface area contributed by atoms with Gasteiger partial charge in [-0.2, -0.15) is 0 Å². The molecule has 0 amide bonds. The van der Waals surface area contributed by atoms with Crippen LogP contribution in [0.1, 0.15) is 23.6 Å². The van der Waals surface area contributed by atoms with Gasteiger partial charge in [0.1, 0.15) is 23.2 Å². The molecule has 0 fully saturated rings. The lowest BCUT2D eigenvalue weighted by Crippen LogP contribution is -2.36.